The number of carbonyl (C=O) groups is 1. The highest BCUT2D eigenvalue weighted by atomic mass is 16.6. The van der Waals surface area contributed by atoms with Crippen molar-refractivity contribution in [1.82, 2.24) is 10.3 Å². The van der Waals surface area contributed by atoms with Crippen molar-refractivity contribution in [3.05, 3.63) is 23.9 Å². The first kappa shape index (κ1) is 12.4. The van der Waals surface area contributed by atoms with Gasteiger partial charge in [-0.2, -0.15) is 0 Å². The molecular formula is C11H16N2O3. The average molecular weight is 224 g/mol. The summed E-state index contributed by atoms with van der Waals surface area (Å²) in [4.78, 5) is 15.4. The maximum Gasteiger partial charge on any atom is 0.414 e. The molecule has 16 heavy (non-hydrogen) atoms. The Labute approximate surface area is 94.8 Å². The molecular weight excluding hydrogens is 208 g/mol. The van der Waals surface area contributed by atoms with Crippen LogP contribution in [0.25, 0.3) is 0 Å². The van der Waals surface area contributed by atoms with Crippen LogP contribution in [0.2, 0.25) is 0 Å². The number of hydrogen-bond acceptors (Lipinski definition) is 4. The quantitative estimate of drug-likeness (QED) is 0.842. The number of pyridine rings is 1. The SMILES string of the molecule is COCC(C)NC(=O)Oc1ncccc1C. The van der Waals surface area contributed by atoms with Gasteiger partial charge in [0.25, 0.3) is 0 Å². The van der Waals surface area contributed by atoms with E-state index in [1.165, 1.54) is 0 Å². The number of ether oxygens (including phenoxy) is 2. The first-order valence-electron chi connectivity index (χ1n) is 5.02. The smallest absolute Gasteiger partial charge is 0.391 e. The Morgan fingerprint density at radius 3 is 3.00 bits per heavy atom. The molecule has 1 amide bonds. The monoisotopic (exact) mass is 224 g/mol. The second-order valence-electron chi connectivity index (χ2n) is 3.52. The van der Waals surface area contributed by atoms with Crippen molar-refractivity contribution in [2.45, 2.75) is 19.9 Å². The van der Waals surface area contributed by atoms with Crippen LogP contribution < -0.4 is 10.1 Å². The largest absolute Gasteiger partial charge is 0.414 e. The lowest BCUT2D eigenvalue weighted by atomic mass is 10.3. The third-order valence-corrected chi connectivity index (χ3v) is 1.93. The van der Waals surface area contributed by atoms with Crippen LogP contribution in [-0.2, 0) is 4.74 Å². The van der Waals surface area contributed by atoms with E-state index in [-0.39, 0.29) is 6.04 Å². The number of aryl methyl sites for hydroxylation is 1. The van der Waals surface area contributed by atoms with Crippen LogP contribution >= 0.6 is 0 Å². The molecule has 1 rings (SSSR count). The molecule has 1 aromatic rings. The molecule has 0 aliphatic heterocycles. The van der Waals surface area contributed by atoms with E-state index >= 15 is 0 Å². The van der Waals surface area contributed by atoms with Crippen molar-refractivity contribution in [3.63, 3.8) is 0 Å². The second-order valence-corrected chi connectivity index (χ2v) is 3.52. The highest BCUT2D eigenvalue weighted by Crippen LogP contribution is 2.11. The predicted molar refractivity (Wildman–Crippen MR) is 59.5 cm³/mol. The normalized spacial score (nSPS) is 11.9. The van der Waals surface area contributed by atoms with Crippen molar-refractivity contribution < 1.29 is 14.3 Å². The fraction of sp³-hybridized carbons (Fsp3) is 0.455. The molecule has 0 radical (unpaired) electrons. The van der Waals surface area contributed by atoms with Gasteiger partial charge in [0.05, 0.1) is 12.6 Å². The topological polar surface area (TPSA) is 60.5 Å². The highest BCUT2D eigenvalue weighted by molar-refractivity contribution is 5.70. The number of amides is 1. The predicted octanol–water partition coefficient (Wildman–Crippen LogP) is 1.51. The maximum atomic E-state index is 11.4. The Morgan fingerprint density at radius 1 is 1.62 bits per heavy atom. The van der Waals surface area contributed by atoms with Crippen LogP contribution in [0, 0.1) is 6.92 Å². The van der Waals surface area contributed by atoms with E-state index in [1.807, 2.05) is 19.9 Å². The third kappa shape index (κ3) is 3.86. The Bertz CT molecular complexity index is 355. The first-order chi connectivity index (χ1) is 7.63. The van der Waals surface area contributed by atoms with Gasteiger partial charge >= 0.3 is 6.09 Å². The van der Waals surface area contributed by atoms with E-state index in [4.69, 9.17) is 9.47 Å². The summed E-state index contributed by atoms with van der Waals surface area (Å²) in [6, 6.07) is 3.52. The molecule has 0 saturated carbocycles. The molecule has 1 N–H and O–H groups in total. The van der Waals surface area contributed by atoms with Crippen molar-refractivity contribution >= 4 is 6.09 Å². The molecule has 1 unspecified atom stereocenters. The van der Waals surface area contributed by atoms with E-state index in [0.717, 1.165) is 5.56 Å². The number of aromatic nitrogens is 1. The van der Waals surface area contributed by atoms with Gasteiger partial charge in [0.2, 0.25) is 5.88 Å². The van der Waals surface area contributed by atoms with Crippen LogP contribution in [0.3, 0.4) is 0 Å². The molecule has 0 aliphatic carbocycles. The van der Waals surface area contributed by atoms with Gasteiger partial charge in [-0.25, -0.2) is 9.78 Å². The maximum absolute atomic E-state index is 11.4. The van der Waals surface area contributed by atoms with E-state index in [9.17, 15) is 4.79 Å². The Balaban J connectivity index is 2.49. The Morgan fingerprint density at radius 2 is 2.38 bits per heavy atom. The molecule has 88 valence electrons. The summed E-state index contributed by atoms with van der Waals surface area (Å²) in [7, 11) is 1.58. The number of hydrogen-bond donors (Lipinski definition) is 1. The van der Waals surface area contributed by atoms with Crippen LogP contribution in [0.4, 0.5) is 4.79 Å². The average Bonchev–Trinajstić information content (AvgIpc) is 2.21. The number of methoxy groups -OCH3 is 1. The molecule has 1 heterocycles. The first-order valence-corrected chi connectivity index (χ1v) is 5.02. The van der Waals surface area contributed by atoms with Crippen LogP contribution in [0.1, 0.15) is 12.5 Å². The van der Waals surface area contributed by atoms with Gasteiger partial charge in [-0.05, 0) is 19.9 Å². The summed E-state index contributed by atoms with van der Waals surface area (Å²) in [6.07, 6.45) is 1.06. The highest BCUT2D eigenvalue weighted by Gasteiger charge is 2.10. The molecule has 1 atom stereocenters. The van der Waals surface area contributed by atoms with Crippen molar-refractivity contribution in [2.24, 2.45) is 0 Å². The van der Waals surface area contributed by atoms with Crippen molar-refractivity contribution in [2.75, 3.05) is 13.7 Å². The zero-order chi connectivity index (χ0) is 12.0. The lowest BCUT2D eigenvalue weighted by Crippen LogP contribution is -2.37. The summed E-state index contributed by atoms with van der Waals surface area (Å²) in [5.41, 5.74) is 0.817. The van der Waals surface area contributed by atoms with Crippen molar-refractivity contribution in [3.8, 4) is 5.88 Å². The molecule has 0 aliphatic rings. The molecule has 0 aromatic carbocycles. The number of nitrogens with one attached hydrogen (secondary N) is 1. The van der Waals surface area contributed by atoms with Gasteiger partial charge < -0.3 is 14.8 Å². The second kappa shape index (κ2) is 6.07. The van der Waals surface area contributed by atoms with E-state index in [0.29, 0.717) is 12.5 Å². The van der Waals surface area contributed by atoms with E-state index in [2.05, 4.69) is 10.3 Å². The minimum atomic E-state index is -0.522. The molecule has 5 heteroatoms. The summed E-state index contributed by atoms with van der Waals surface area (Å²) >= 11 is 0. The minimum absolute atomic E-state index is 0.0958. The Hall–Kier alpha value is -1.62. The van der Waals surface area contributed by atoms with Gasteiger partial charge in [-0.3, -0.25) is 0 Å². The molecule has 0 spiro atoms. The van der Waals surface area contributed by atoms with Gasteiger partial charge in [-0.15, -0.1) is 0 Å². The molecule has 0 bridgehead atoms. The van der Waals surface area contributed by atoms with Gasteiger partial charge in [0, 0.05) is 18.9 Å². The number of rotatable bonds is 4. The Kier molecular flexibility index (Phi) is 4.72. The summed E-state index contributed by atoms with van der Waals surface area (Å²) in [5.74, 6) is 0.324. The van der Waals surface area contributed by atoms with E-state index in [1.54, 1.807) is 19.4 Å². The molecule has 1 aromatic heterocycles. The molecule has 5 nitrogen and oxygen atoms in total. The lowest BCUT2D eigenvalue weighted by Gasteiger charge is -2.12. The van der Waals surface area contributed by atoms with Crippen molar-refractivity contribution in [1.29, 1.82) is 0 Å². The number of nitrogens with zero attached hydrogens (tertiary/aromatic N) is 1. The number of carbonyl (C=O) groups excluding carboxylic acids is 1. The lowest BCUT2D eigenvalue weighted by molar-refractivity contribution is 0.158. The van der Waals surface area contributed by atoms with Crippen LogP contribution in [-0.4, -0.2) is 30.8 Å². The molecule has 0 saturated heterocycles. The van der Waals surface area contributed by atoms with E-state index < -0.39 is 6.09 Å². The zero-order valence-electron chi connectivity index (χ0n) is 9.69. The van der Waals surface area contributed by atoms with Crippen LogP contribution in [0.5, 0.6) is 5.88 Å². The summed E-state index contributed by atoms with van der Waals surface area (Å²) < 4.78 is 9.94. The fourth-order valence-electron chi connectivity index (χ4n) is 1.19. The minimum Gasteiger partial charge on any atom is -0.391 e. The zero-order valence-corrected chi connectivity index (χ0v) is 9.69. The van der Waals surface area contributed by atoms with Gasteiger partial charge in [0.15, 0.2) is 0 Å². The summed E-state index contributed by atoms with van der Waals surface area (Å²) in [5, 5.41) is 2.63. The molecule has 0 fully saturated rings. The summed E-state index contributed by atoms with van der Waals surface area (Å²) in [6.45, 7) is 4.10. The fourth-order valence-corrected chi connectivity index (χ4v) is 1.19. The third-order valence-electron chi connectivity index (χ3n) is 1.93. The van der Waals surface area contributed by atoms with Crippen LogP contribution in [0.15, 0.2) is 18.3 Å². The standard InChI is InChI=1S/C11H16N2O3/c1-8-5-4-6-12-10(8)16-11(14)13-9(2)7-15-3/h4-6,9H,7H2,1-3H3,(H,13,14). The van der Waals surface area contributed by atoms with Gasteiger partial charge in [0.1, 0.15) is 0 Å². The van der Waals surface area contributed by atoms with Gasteiger partial charge in [-0.1, -0.05) is 6.07 Å².